The largest absolute Gasteiger partial charge is 0.493 e. The quantitative estimate of drug-likeness (QED) is 0.545. The maximum atomic E-state index is 11.9. The number of thioether (sulfide) groups is 1. The second-order valence-electron chi connectivity index (χ2n) is 4.46. The van der Waals surface area contributed by atoms with Gasteiger partial charge in [-0.15, -0.1) is 0 Å². The first-order valence-electron chi connectivity index (χ1n) is 6.27. The summed E-state index contributed by atoms with van der Waals surface area (Å²) in [5, 5.41) is 8.37. The number of halogens is 1. The molecule has 1 N–H and O–H groups in total. The minimum Gasteiger partial charge on any atom is -0.493 e. The van der Waals surface area contributed by atoms with Crippen LogP contribution in [0, 0.1) is 3.57 Å². The zero-order valence-electron chi connectivity index (χ0n) is 12.2. The highest BCUT2D eigenvalue weighted by Gasteiger charge is 2.31. The van der Waals surface area contributed by atoms with Crippen LogP contribution >= 0.6 is 34.4 Å². The molecule has 1 saturated heterocycles. The molecule has 1 aliphatic heterocycles. The molecular weight excluding hydrogens is 437 g/mol. The van der Waals surface area contributed by atoms with Crippen molar-refractivity contribution in [1.82, 2.24) is 4.90 Å². The van der Waals surface area contributed by atoms with E-state index in [4.69, 9.17) is 14.6 Å². The first kappa shape index (κ1) is 17.6. The number of hydrogen-bond donors (Lipinski definition) is 1. The van der Waals surface area contributed by atoms with Crippen molar-refractivity contribution >= 4 is 57.5 Å². The standard InChI is InChI=1S/C14H12INO6S/c1-16-13(19)10(23-14(16)20)5-7-3-8(15)12(9(4-7)21-2)22-6-11(17)18/h3-5H,6H2,1-2H3,(H,17,18)/b10-5-. The lowest BCUT2D eigenvalue weighted by Crippen LogP contribution is -2.22. The molecule has 0 radical (unpaired) electrons. The van der Waals surface area contributed by atoms with Crippen LogP contribution in [0.3, 0.4) is 0 Å². The predicted molar refractivity (Wildman–Crippen MR) is 92.6 cm³/mol. The number of aliphatic carboxylic acids is 1. The van der Waals surface area contributed by atoms with Crippen LogP contribution in [0.2, 0.25) is 0 Å². The summed E-state index contributed by atoms with van der Waals surface area (Å²) in [6.07, 6.45) is 1.58. The summed E-state index contributed by atoms with van der Waals surface area (Å²) >= 11 is 2.85. The normalized spacial score (nSPS) is 16.1. The zero-order chi connectivity index (χ0) is 17.1. The fourth-order valence-corrected chi connectivity index (χ4v) is 3.40. The van der Waals surface area contributed by atoms with E-state index in [1.165, 1.54) is 14.2 Å². The third kappa shape index (κ3) is 3.96. The van der Waals surface area contributed by atoms with Crippen molar-refractivity contribution in [2.75, 3.05) is 20.8 Å². The molecule has 122 valence electrons. The highest BCUT2D eigenvalue weighted by atomic mass is 127. The first-order valence-corrected chi connectivity index (χ1v) is 8.16. The Kier molecular flexibility index (Phi) is 5.52. The average molecular weight is 449 g/mol. The van der Waals surface area contributed by atoms with Crippen LogP contribution in [0.15, 0.2) is 17.0 Å². The van der Waals surface area contributed by atoms with E-state index in [1.807, 2.05) is 22.6 Å². The lowest BCUT2D eigenvalue weighted by Gasteiger charge is -2.12. The molecule has 0 unspecified atom stereocenters. The Balaban J connectivity index is 2.35. The van der Waals surface area contributed by atoms with Crippen molar-refractivity contribution in [3.8, 4) is 11.5 Å². The molecule has 0 bridgehead atoms. The molecule has 0 saturated carbocycles. The van der Waals surface area contributed by atoms with Crippen molar-refractivity contribution in [1.29, 1.82) is 0 Å². The third-order valence-corrected chi connectivity index (χ3v) is 4.64. The number of hydrogen-bond acceptors (Lipinski definition) is 6. The fourth-order valence-electron chi connectivity index (χ4n) is 1.79. The number of carbonyl (C=O) groups is 3. The SMILES string of the molecule is COc1cc(/C=C2\SC(=O)N(C)C2=O)cc(I)c1OCC(=O)O. The summed E-state index contributed by atoms with van der Waals surface area (Å²) < 4.78 is 11.1. The number of methoxy groups -OCH3 is 1. The second-order valence-corrected chi connectivity index (χ2v) is 6.61. The summed E-state index contributed by atoms with van der Waals surface area (Å²) in [5.74, 6) is -0.792. The Morgan fingerprint density at radius 1 is 1.43 bits per heavy atom. The number of benzene rings is 1. The van der Waals surface area contributed by atoms with Crippen LogP contribution in [-0.4, -0.2) is 47.9 Å². The molecule has 9 heteroatoms. The lowest BCUT2D eigenvalue weighted by molar-refractivity contribution is -0.139. The molecule has 1 fully saturated rings. The maximum Gasteiger partial charge on any atom is 0.341 e. The topological polar surface area (TPSA) is 93.1 Å². The molecule has 0 spiro atoms. The Morgan fingerprint density at radius 3 is 2.65 bits per heavy atom. The molecule has 0 aromatic heterocycles. The molecular formula is C14H12INO6S. The number of likely N-dealkylation sites (N-methyl/N-ethyl adjacent to an activating group) is 1. The summed E-state index contributed by atoms with van der Waals surface area (Å²) in [4.78, 5) is 35.4. The van der Waals surface area contributed by atoms with E-state index >= 15 is 0 Å². The van der Waals surface area contributed by atoms with E-state index in [9.17, 15) is 14.4 Å². The van der Waals surface area contributed by atoms with Crippen molar-refractivity contribution in [2.45, 2.75) is 0 Å². The minimum absolute atomic E-state index is 0.314. The monoisotopic (exact) mass is 449 g/mol. The molecule has 1 aliphatic rings. The van der Waals surface area contributed by atoms with Crippen molar-refractivity contribution in [3.63, 3.8) is 0 Å². The van der Waals surface area contributed by atoms with Gasteiger partial charge in [0.25, 0.3) is 11.1 Å². The lowest BCUT2D eigenvalue weighted by atomic mass is 10.2. The number of rotatable bonds is 5. The van der Waals surface area contributed by atoms with Gasteiger partial charge >= 0.3 is 5.97 Å². The minimum atomic E-state index is -1.09. The first-order chi connectivity index (χ1) is 10.8. The van der Waals surface area contributed by atoms with Gasteiger partial charge in [0.15, 0.2) is 18.1 Å². The van der Waals surface area contributed by atoms with Crippen LogP contribution in [0.25, 0.3) is 6.08 Å². The molecule has 23 heavy (non-hydrogen) atoms. The summed E-state index contributed by atoms with van der Waals surface area (Å²) in [5.41, 5.74) is 0.646. The molecule has 2 rings (SSSR count). The predicted octanol–water partition coefficient (Wildman–Crippen LogP) is 2.43. The van der Waals surface area contributed by atoms with Gasteiger partial charge in [0.2, 0.25) is 0 Å². The van der Waals surface area contributed by atoms with Crippen molar-refractivity contribution < 1.29 is 29.0 Å². The van der Waals surface area contributed by atoms with Crippen molar-refractivity contribution in [2.24, 2.45) is 0 Å². The zero-order valence-corrected chi connectivity index (χ0v) is 15.1. The smallest absolute Gasteiger partial charge is 0.341 e. The van der Waals surface area contributed by atoms with E-state index in [0.717, 1.165) is 16.7 Å². The highest BCUT2D eigenvalue weighted by Crippen LogP contribution is 2.36. The van der Waals surface area contributed by atoms with E-state index < -0.39 is 12.6 Å². The molecule has 1 heterocycles. The Bertz CT molecular complexity index is 717. The number of amides is 2. The van der Waals surface area contributed by atoms with Gasteiger partial charge in [-0.05, 0) is 58.1 Å². The van der Waals surface area contributed by atoms with Gasteiger partial charge in [-0.3, -0.25) is 14.5 Å². The number of ether oxygens (including phenoxy) is 2. The number of imide groups is 1. The number of carbonyl (C=O) groups excluding carboxylic acids is 2. The van der Waals surface area contributed by atoms with Gasteiger partial charge in [0.1, 0.15) is 0 Å². The molecule has 2 amide bonds. The molecule has 1 aromatic carbocycles. The molecule has 1 aromatic rings. The number of carboxylic acid groups (broad SMARTS) is 1. The van der Waals surface area contributed by atoms with Gasteiger partial charge in [-0.1, -0.05) is 0 Å². The van der Waals surface area contributed by atoms with E-state index in [1.54, 1.807) is 18.2 Å². The van der Waals surface area contributed by atoms with Gasteiger partial charge in [-0.2, -0.15) is 0 Å². The van der Waals surface area contributed by atoms with E-state index in [2.05, 4.69) is 0 Å². The van der Waals surface area contributed by atoms with Gasteiger partial charge in [0, 0.05) is 7.05 Å². The van der Waals surface area contributed by atoms with Crippen LogP contribution in [-0.2, 0) is 9.59 Å². The maximum absolute atomic E-state index is 11.9. The highest BCUT2D eigenvalue weighted by molar-refractivity contribution is 14.1. The summed E-state index contributed by atoms with van der Waals surface area (Å²) in [6.45, 7) is -0.486. The van der Waals surface area contributed by atoms with Gasteiger partial charge < -0.3 is 14.6 Å². The van der Waals surface area contributed by atoms with Crippen LogP contribution in [0.1, 0.15) is 5.56 Å². The third-order valence-electron chi connectivity index (χ3n) is 2.88. The Hall–Kier alpha value is -1.75. The average Bonchev–Trinajstić information content (AvgIpc) is 2.72. The Labute approximate surface area is 149 Å². The van der Waals surface area contributed by atoms with E-state index in [0.29, 0.717) is 25.5 Å². The Morgan fingerprint density at radius 2 is 2.13 bits per heavy atom. The molecule has 0 atom stereocenters. The molecule has 0 aliphatic carbocycles. The van der Waals surface area contributed by atoms with Crippen LogP contribution in [0.4, 0.5) is 4.79 Å². The van der Waals surface area contributed by atoms with Crippen LogP contribution < -0.4 is 9.47 Å². The van der Waals surface area contributed by atoms with Crippen LogP contribution in [0.5, 0.6) is 11.5 Å². The second kappa shape index (κ2) is 7.21. The number of carboxylic acids is 1. The van der Waals surface area contributed by atoms with E-state index in [-0.39, 0.29) is 11.1 Å². The number of nitrogens with zero attached hydrogens (tertiary/aromatic N) is 1. The fraction of sp³-hybridized carbons (Fsp3) is 0.214. The summed E-state index contributed by atoms with van der Waals surface area (Å²) in [7, 11) is 2.86. The van der Waals surface area contributed by atoms with Gasteiger partial charge in [0.05, 0.1) is 15.6 Å². The summed E-state index contributed by atoms with van der Waals surface area (Å²) in [6, 6.07) is 3.33. The van der Waals surface area contributed by atoms with Crippen molar-refractivity contribution in [3.05, 3.63) is 26.2 Å². The van der Waals surface area contributed by atoms with Gasteiger partial charge in [-0.25, -0.2) is 4.79 Å². The molecule has 7 nitrogen and oxygen atoms in total.